The Labute approximate surface area is 136 Å². The van der Waals surface area contributed by atoms with Gasteiger partial charge in [-0.2, -0.15) is 0 Å². The summed E-state index contributed by atoms with van der Waals surface area (Å²) < 4.78 is 0. The molecule has 0 aliphatic heterocycles. The quantitative estimate of drug-likeness (QED) is 0.601. The van der Waals surface area contributed by atoms with E-state index in [1.807, 2.05) is 36.4 Å². The van der Waals surface area contributed by atoms with E-state index in [0.717, 1.165) is 5.69 Å². The summed E-state index contributed by atoms with van der Waals surface area (Å²) in [5.41, 5.74) is 2.87. The summed E-state index contributed by atoms with van der Waals surface area (Å²) in [6.45, 7) is 6.46. The van der Waals surface area contributed by atoms with Gasteiger partial charge in [-0.15, -0.1) is 0 Å². The minimum Gasteiger partial charge on any atom is -0.362 e. The second kappa shape index (κ2) is 6.80. The first kappa shape index (κ1) is 16.3. The normalized spacial score (nSPS) is 11.6. The molecule has 0 saturated heterocycles. The standard InChI is InChI=1S/C19H20ClNO/c1-19(2,3)15-6-4-14(5-7-15)18(22)12-13-21-17-10-8-16(20)9-11-17/h4-13,21H,1-3H3. The highest BCUT2D eigenvalue weighted by molar-refractivity contribution is 6.30. The van der Waals surface area contributed by atoms with Crippen molar-refractivity contribution in [1.29, 1.82) is 0 Å². The highest BCUT2D eigenvalue weighted by atomic mass is 35.5. The van der Waals surface area contributed by atoms with Gasteiger partial charge in [-0.05, 0) is 35.2 Å². The third-order valence-corrected chi connectivity index (χ3v) is 3.62. The average Bonchev–Trinajstić information content (AvgIpc) is 2.48. The molecule has 3 heteroatoms. The lowest BCUT2D eigenvalue weighted by Gasteiger charge is -2.18. The van der Waals surface area contributed by atoms with Gasteiger partial charge in [0, 0.05) is 28.5 Å². The van der Waals surface area contributed by atoms with Crippen LogP contribution in [-0.4, -0.2) is 5.78 Å². The van der Waals surface area contributed by atoms with Crippen molar-refractivity contribution >= 4 is 23.1 Å². The summed E-state index contributed by atoms with van der Waals surface area (Å²) in [7, 11) is 0. The monoisotopic (exact) mass is 313 g/mol. The van der Waals surface area contributed by atoms with Crippen molar-refractivity contribution in [2.75, 3.05) is 5.32 Å². The zero-order valence-corrected chi connectivity index (χ0v) is 13.8. The van der Waals surface area contributed by atoms with E-state index in [2.05, 4.69) is 26.1 Å². The Bertz CT molecular complexity index is 664. The lowest BCUT2D eigenvalue weighted by Crippen LogP contribution is -2.11. The second-order valence-electron chi connectivity index (χ2n) is 6.18. The van der Waals surface area contributed by atoms with Crippen molar-refractivity contribution < 1.29 is 4.79 Å². The summed E-state index contributed by atoms with van der Waals surface area (Å²) >= 11 is 5.82. The van der Waals surface area contributed by atoms with E-state index in [0.29, 0.717) is 10.6 Å². The van der Waals surface area contributed by atoms with E-state index >= 15 is 0 Å². The van der Waals surface area contributed by atoms with E-state index in [4.69, 9.17) is 11.6 Å². The maximum atomic E-state index is 12.1. The van der Waals surface area contributed by atoms with Crippen molar-refractivity contribution in [3.8, 4) is 0 Å². The molecular weight excluding hydrogens is 294 g/mol. The number of benzene rings is 2. The smallest absolute Gasteiger partial charge is 0.187 e. The first-order valence-electron chi connectivity index (χ1n) is 7.20. The number of carbonyl (C=O) groups is 1. The molecule has 22 heavy (non-hydrogen) atoms. The predicted octanol–water partition coefficient (Wildman–Crippen LogP) is 5.45. The molecule has 2 rings (SSSR count). The summed E-state index contributed by atoms with van der Waals surface area (Å²) in [6, 6.07) is 15.1. The number of halogens is 1. The van der Waals surface area contributed by atoms with E-state index < -0.39 is 0 Å². The number of allylic oxidation sites excluding steroid dienone is 1. The Morgan fingerprint density at radius 2 is 1.59 bits per heavy atom. The maximum absolute atomic E-state index is 12.1. The number of anilines is 1. The van der Waals surface area contributed by atoms with Gasteiger partial charge in [-0.3, -0.25) is 4.79 Å². The van der Waals surface area contributed by atoms with Crippen molar-refractivity contribution in [2.45, 2.75) is 26.2 Å². The minimum atomic E-state index is -0.0260. The van der Waals surface area contributed by atoms with Crippen LogP contribution < -0.4 is 5.32 Å². The summed E-state index contributed by atoms with van der Waals surface area (Å²) in [4.78, 5) is 12.1. The number of hydrogen-bond acceptors (Lipinski definition) is 2. The number of carbonyl (C=O) groups excluding carboxylic acids is 1. The molecule has 0 bridgehead atoms. The first-order valence-corrected chi connectivity index (χ1v) is 7.57. The molecular formula is C19H20ClNO. The second-order valence-corrected chi connectivity index (χ2v) is 6.61. The van der Waals surface area contributed by atoms with Crippen molar-refractivity contribution in [3.05, 3.63) is 77.0 Å². The molecule has 0 atom stereocenters. The maximum Gasteiger partial charge on any atom is 0.187 e. The summed E-state index contributed by atoms with van der Waals surface area (Å²) in [5, 5.41) is 3.73. The molecule has 0 aliphatic carbocycles. The Morgan fingerprint density at radius 1 is 1.00 bits per heavy atom. The fraction of sp³-hybridized carbons (Fsp3) is 0.211. The van der Waals surface area contributed by atoms with Crippen LogP contribution in [0, 0.1) is 0 Å². The van der Waals surface area contributed by atoms with Crippen LogP contribution in [0.5, 0.6) is 0 Å². The van der Waals surface area contributed by atoms with Gasteiger partial charge in [0.15, 0.2) is 5.78 Å². The molecule has 0 radical (unpaired) electrons. The average molecular weight is 314 g/mol. The zero-order valence-electron chi connectivity index (χ0n) is 13.1. The Morgan fingerprint density at radius 3 is 2.14 bits per heavy atom. The van der Waals surface area contributed by atoms with E-state index in [-0.39, 0.29) is 11.2 Å². The van der Waals surface area contributed by atoms with Crippen LogP contribution >= 0.6 is 11.6 Å². The molecule has 2 aromatic carbocycles. The van der Waals surface area contributed by atoms with E-state index in [9.17, 15) is 4.79 Å². The fourth-order valence-corrected chi connectivity index (χ4v) is 2.12. The van der Waals surface area contributed by atoms with E-state index in [1.54, 1.807) is 18.3 Å². The Kier molecular flexibility index (Phi) is 5.04. The van der Waals surface area contributed by atoms with Gasteiger partial charge in [0.25, 0.3) is 0 Å². The van der Waals surface area contributed by atoms with Gasteiger partial charge in [0.05, 0.1) is 0 Å². The number of hydrogen-bond donors (Lipinski definition) is 1. The number of rotatable bonds is 4. The zero-order chi connectivity index (χ0) is 16.2. The van der Waals surface area contributed by atoms with Crippen molar-refractivity contribution in [3.63, 3.8) is 0 Å². The molecule has 2 nitrogen and oxygen atoms in total. The van der Waals surface area contributed by atoms with Crippen LogP contribution in [0.15, 0.2) is 60.8 Å². The Balaban J connectivity index is 1.99. The summed E-state index contributed by atoms with van der Waals surface area (Å²) in [5.74, 6) is -0.0260. The van der Waals surface area contributed by atoms with Crippen molar-refractivity contribution in [1.82, 2.24) is 0 Å². The first-order chi connectivity index (χ1) is 10.4. The highest BCUT2D eigenvalue weighted by Crippen LogP contribution is 2.22. The molecule has 2 aromatic rings. The number of nitrogens with one attached hydrogen (secondary N) is 1. The van der Waals surface area contributed by atoms with Gasteiger partial charge < -0.3 is 5.32 Å². The summed E-state index contributed by atoms with van der Waals surface area (Å²) in [6.07, 6.45) is 3.17. The predicted molar refractivity (Wildman–Crippen MR) is 93.7 cm³/mol. The van der Waals surface area contributed by atoms with Crippen molar-refractivity contribution in [2.24, 2.45) is 0 Å². The van der Waals surface area contributed by atoms with Crippen LogP contribution in [0.1, 0.15) is 36.7 Å². The van der Waals surface area contributed by atoms with Crippen LogP contribution in [0.25, 0.3) is 0 Å². The molecule has 0 unspecified atom stereocenters. The third-order valence-electron chi connectivity index (χ3n) is 3.36. The van der Waals surface area contributed by atoms with Gasteiger partial charge in [0.2, 0.25) is 0 Å². The molecule has 1 N–H and O–H groups in total. The molecule has 114 valence electrons. The molecule has 0 heterocycles. The van der Waals surface area contributed by atoms with Crippen LogP contribution in [-0.2, 0) is 5.41 Å². The molecule has 0 saturated carbocycles. The molecule has 0 aromatic heterocycles. The lowest BCUT2D eigenvalue weighted by molar-refractivity contribution is 0.104. The molecule has 0 spiro atoms. The van der Waals surface area contributed by atoms with Gasteiger partial charge in [-0.1, -0.05) is 56.6 Å². The Hall–Kier alpha value is -2.06. The highest BCUT2D eigenvalue weighted by Gasteiger charge is 2.13. The fourth-order valence-electron chi connectivity index (χ4n) is 1.99. The molecule has 0 fully saturated rings. The third kappa shape index (κ3) is 4.47. The van der Waals surface area contributed by atoms with Crippen LogP contribution in [0.2, 0.25) is 5.02 Å². The van der Waals surface area contributed by atoms with E-state index in [1.165, 1.54) is 11.6 Å². The van der Waals surface area contributed by atoms with Gasteiger partial charge >= 0.3 is 0 Å². The van der Waals surface area contributed by atoms with Gasteiger partial charge in [-0.25, -0.2) is 0 Å². The topological polar surface area (TPSA) is 29.1 Å². The van der Waals surface area contributed by atoms with Crippen LogP contribution in [0.3, 0.4) is 0 Å². The molecule has 0 aliphatic rings. The number of ketones is 1. The van der Waals surface area contributed by atoms with Gasteiger partial charge in [0.1, 0.15) is 0 Å². The SMILES string of the molecule is CC(C)(C)c1ccc(C(=O)C=CNc2ccc(Cl)cc2)cc1. The lowest BCUT2D eigenvalue weighted by atomic mass is 9.86. The molecule has 0 amide bonds. The van der Waals surface area contributed by atoms with Crippen LogP contribution in [0.4, 0.5) is 5.69 Å². The minimum absolute atomic E-state index is 0.0260. The largest absolute Gasteiger partial charge is 0.362 e.